The van der Waals surface area contributed by atoms with Crippen molar-refractivity contribution in [3.63, 3.8) is 0 Å². The topological polar surface area (TPSA) is 43.4 Å². The van der Waals surface area contributed by atoms with E-state index in [1.165, 1.54) is 0 Å². The van der Waals surface area contributed by atoms with Crippen molar-refractivity contribution in [2.75, 3.05) is 19.5 Å². The number of hydrogen-bond acceptors (Lipinski definition) is 4. The Labute approximate surface area is 156 Å². The number of nitrogens with one attached hydrogen (secondary N) is 1. The first kappa shape index (κ1) is 17.0. The summed E-state index contributed by atoms with van der Waals surface area (Å²) in [6, 6.07) is 13.7. The van der Waals surface area contributed by atoms with Crippen LogP contribution in [0, 0.1) is 0 Å². The number of pyridine rings is 1. The number of fused-ring (bicyclic) bond motifs is 2. The first-order valence-corrected chi connectivity index (χ1v) is 6.85. The quantitative estimate of drug-likeness (QED) is 0.429. The molecule has 0 atom stereocenters. The zero-order valence-electron chi connectivity index (χ0n) is 12.7. The van der Waals surface area contributed by atoms with E-state index in [0.717, 1.165) is 33.2 Å². The summed E-state index contributed by atoms with van der Waals surface area (Å²) < 4.78 is 10.4. The van der Waals surface area contributed by atoms with Crippen molar-refractivity contribution >= 4 is 44.9 Å². The maximum absolute atomic E-state index is 5.30. The molecule has 1 N–H and O–H groups in total. The molecule has 6 heteroatoms. The summed E-state index contributed by atoms with van der Waals surface area (Å²) in [7, 11) is 3.18. The number of anilines is 1. The molecule has 0 saturated heterocycles. The molecule has 3 aromatic rings. The van der Waals surface area contributed by atoms with Crippen LogP contribution in [0.4, 0.5) is 5.69 Å². The van der Waals surface area contributed by atoms with Crippen LogP contribution < -0.4 is 39.6 Å². The van der Waals surface area contributed by atoms with Gasteiger partial charge in [-0.3, -0.25) is 0 Å². The SMILES string of the molecule is COC(=S)Nc1c2ccccc2nc2ccc(OC)cc12.[Na+]. The van der Waals surface area contributed by atoms with E-state index in [9.17, 15) is 0 Å². The molecule has 0 fully saturated rings. The van der Waals surface area contributed by atoms with Gasteiger partial charge in [-0.05, 0) is 36.5 Å². The van der Waals surface area contributed by atoms with E-state index < -0.39 is 0 Å². The van der Waals surface area contributed by atoms with Crippen LogP contribution in [0.1, 0.15) is 0 Å². The monoisotopic (exact) mass is 321 g/mol. The van der Waals surface area contributed by atoms with Crippen molar-refractivity contribution in [1.29, 1.82) is 0 Å². The van der Waals surface area contributed by atoms with Gasteiger partial charge in [0, 0.05) is 10.8 Å². The molecular formula is C16H14N2NaO2S+. The van der Waals surface area contributed by atoms with Gasteiger partial charge in [0.1, 0.15) is 5.75 Å². The molecule has 1 aromatic heterocycles. The Bertz CT molecular complexity index is 839. The van der Waals surface area contributed by atoms with Gasteiger partial charge in [-0.1, -0.05) is 18.2 Å². The Morgan fingerprint density at radius 3 is 2.50 bits per heavy atom. The molecule has 1 heterocycles. The molecule has 0 spiro atoms. The van der Waals surface area contributed by atoms with Crippen LogP contribution in [-0.2, 0) is 4.74 Å². The zero-order chi connectivity index (χ0) is 14.8. The van der Waals surface area contributed by atoms with Crippen LogP contribution in [0.3, 0.4) is 0 Å². The number of benzene rings is 2. The summed E-state index contributed by atoms with van der Waals surface area (Å²) in [6.45, 7) is 0. The molecule has 4 nitrogen and oxygen atoms in total. The molecule has 106 valence electrons. The van der Waals surface area contributed by atoms with Crippen molar-refractivity contribution < 1.29 is 39.0 Å². The average Bonchev–Trinajstić information content (AvgIpc) is 2.54. The minimum absolute atomic E-state index is 0. The molecule has 0 radical (unpaired) electrons. The maximum atomic E-state index is 5.30. The van der Waals surface area contributed by atoms with Crippen LogP contribution in [-0.4, -0.2) is 24.4 Å². The van der Waals surface area contributed by atoms with Gasteiger partial charge < -0.3 is 14.8 Å². The molecule has 2 aromatic carbocycles. The third kappa shape index (κ3) is 3.17. The Kier molecular flexibility index (Phi) is 5.58. The second-order valence-electron chi connectivity index (χ2n) is 4.50. The summed E-state index contributed by atoms with van der Waals surface area (Å²) in [5, 5.41) is 5.38. The van der Waals surface area contributed by atoms with E-state index in [1.54, 1.807) is 14.2 Å². The number of methoxy groups -OCH3 is 2. The summed E-state index contributed by atoms with van der Waals surface area (Å²) in [5.41, 5.74) is 2.65. The molecule has 0 aliphatic rings. The molecule has 22 heavy (non-hydrogen) atoms. The van der Waals surface area contributed by atoms with Gasteiger partial charge in [0.15, 0.2) is 0 Å². The summed E-state index contributed by atoms with van der Waals surface area (Å²) in [4.78, 5) is 4.67. The number of para-hydroxylation sites is 1. The first-order chi connectivity index (χ1) is 10.2. The Morgan fingerprint density at radius 2 is 1.77 bits per heavy atom. The molecular weight excluding hydrogens is 307 g/mol. The second kappa shape index (κ2) is 7.24. The van der Waals surface area contributed by atoms with Crippen molar-refractivity contribution in [3.8, 4) is 5.75 Å². The first-order valence-electron chi connectivity index (χ1n) is 6.44. The van der Waals surface area contributed by atoms with Crippen molar-refractivity contribution in [2.45, 2.75) is 0 Å². The summed E-state index contributed by atoms with van der Waals surface area (Å²) in [5.74, 6) is 0.769. The third-order valence-corrected chi connectivity index (χ3v) is 3.57. The van der Waals surface area contributed by atoms with E-state index >= 15 is 0 Å². The average molecular weight is 321 g/mol. The van der Waals surface area contributed by atoms with Gasteiger partial charge in [-0.15, -0.1) is 0 Å². The molecule has 0 aliphatic heterocycles. The predicted molar refractivity (Wildman–Crippen MR) is 89.0 cm³/mol. The minimum Gasteiger partial charge on any atom is -0.497 e. The molecule has 0 aliphatic carbocycles. The molecule has 0 unspecified atom stereocenters. The molecule has 0 saturated carbocycles. The Balaban J connectivity index is 0.00000176. The van der Waals surface area contributed by atoms with Gasteiger partial charge >= 0.3 is 29.6 Å². The van der Waals surface area contributed by atoms with Gasteiger partial charge in [0.2, 0.25) is 0 Å². The Morgan fingerprint density at radius 1 is 1.05 bits per heavy atom. The number of thiocarbonyl (C=S) groups is 1. The molecule has 3 rings (SSSR count). The van der Waals surface area contributed by atoms with E-state index in [4.69, 9.17) is 21.7 Å². The number of nitrogens with zero attached hydrogens (tertiary/aromatic N) is 1. The van der Waals surface area contributed by atoms with E-state index in [-0.39, 0.29) is 29.6 Å². The standard InChI is InChI=1S/C16H14N2O2S.Na/c1-19-10-7-8-14-12(9-10)15(18-16(21)20-2)11-5-3-4-6-13(11)17-14;/h3-9H,1-2H3,(H,17,18,21);/q;+1. The van der Waals surface area contributed by atoms with Crippen LogP contribution in [0.15, 0.2) is 42.5 Å². The largest absolute Gasteiger partial charge is 1.00 e. The van der Waals surface area contributed by atoms with E-state index in [1.807, 2.05) is 42.5 Å². The van der Waals surface area contributed by atoms with Gasteiger partial charge in [0.25, 0.3) is 5.17 Å². The fourth-order valence-electron chi connectivity index (χ4n) is 2.29. The van der Waals surface area contributed by atoms with Crippen LogP contribution in [0.2, 0.25) is 0 Å². The molecule has 0 bridgehead atoms. The Hall–Kier alpha value is -1.40. The van der Waals surface area contributed by atoms with Crippen molar-refractivity contribution in [3.05, 3.63) is 42.5 Å². The number of aromatic nitrogens is 1. The van der Waals surface area contributed by atoms with Crippen LogP contribution in [0.5, 0.6) is 5.75 Å². The predicted octanol–water partition coefficient (Wildman–Crippen LogP) is 0.744. The van der Waals surface area contributed by atoms with E-state index in [2.05, 4.69) is 10.3 Å². The van der Waals surface area contributed by atoms with E-state index in [0.29, 0.717) is 5.17 Å². The van der Waals surface area contributed by atoms with Crippen molar-refractivity contribution in [2.24, 2.45) is 0 Å². The number of rotatable bonds is 2. The second-order valence-corrected chi connectivity index (χ2v) is 4.87. The van der Waals surface area contributed by atoms with Gasteiger partial charge in [-0.2, -0.15) is 0 Å². The van der Waals surface area contributed by atoms with Crippen LogP contribution in [0.25, 0.3) is 21.8 Å². The van der Waals surface area contributed by atoms with Crippen molar-refractivity contribution in [1.82, 2.24) is 4.98 Å². The van der Waals surface area contributed by atoms with Gasteiger partial charge in [-0.25, -0.2) is 4.98 Å². The minimum atomic E-state index is 0. The zero-order valence-corrected chi connectivity index (χ0v) is 15.5. The molecule has 0 amide bonds. The summed E-state index contributed by atoms with van der Waals surface area (Å²) >= 11 is 5.14. The summed E-state index contributed by atoms with van der Waals surface area (Å²) in [6.07, 6.45) is 0. The number of hydrogen-bond donors (Lipinski definition) is 1. The fourth-order valence-corrected chi connectivity index (χ4v) is 2.39. The normalized spacial score (nSPS) is 10.1. The van der Waals surface area contributed by atoms with Crippen LogP contribution >= 0.6 is 12.2 Å². The third-order valence-electron chi connectivity index (χ3n) is 3.30. The van der Waals surface area contributed by atoms with Gasteiger partial charge in [0.05, 0.1) is 30.9 Å². The maximum Gasteiger partial charge on any atom is 1.00 e. The number of ether oxygens (including phenoxy) is 2. The fraction of sp³-hybridized carbons (Fsp3) is 0.125. The smallest absolute Gasteiger partial charge is 0.497 e.